The van der Waals surface area contributed by atoms with Gasteiger partial charge < -0.3 is 32.9 Å². The molecule has 1 N–H and O–H groups in total. The topological polar surface area (TPSA) is 92.7 Å². The molecular weight excluding hydrogens is 581 g/mol. The molecule has 2 saturated heterocycles. The highest BCUT2D eigenvalue weighted by Crippen LogP contribution is 2.44. The van der Waals surface area contributed by atoms with Gasteiger partial charge in [-0.25, -0.2) is 4.79 Å². The Kier molecular flexibility index (Phi) is 13.5. The second kappa shape index (κ2) is 15.2. The lowest BCUT2D eigenvalue weighted by molar-refractivity contribution is -0.311. The fourth-order valence-corrected chi connectivity index (χ4v) is 7.92. The van der Waals surface area contributed by atoms with Crippen LogP contribution in [0.1, 0.15) is 81.1 Å². The Morgan fingerprint density at radius 2 is 1.49 bits per heavy atom. The Morgan fingerprint density at radius 1 is 0.953 bits per heavy atom. The number of allylic oxidation sites excluding steroid dienone is 1. The lowest BCUT2D eigenvalue weighted by atomic mass is 9.92. The molecule has 43 heavy (non-hydrogen) atoms. The van der Waals surface area contributed by atoms with Crippen LogP contribution in [-0.4, -0.2) is 83.8 Å². The molecule has 0 radical (unpaired) electrons. The Morgan fingerprint density at radius 3 is 1.98 bits per heavy atom. The predicted octanol–water partition coefficient (Wildman–Crippen LogP) is 7.70. The van der Waals surface area contributed by atoms with Crippen molar-refractivity contribution in [3.8, 4) is 0 Å². The van der Waals surface area contributed by atoms with Crippen molar-refractivity contribution < 1.29 is 37.7 Å². The summed E-state index contributed by atoms with van der Waals surface area (Å²) in [6.45, 7) is 30.5. The molecule has 9 atom stereocenters. The minimum atomic E-state index is -2.23. The number of aliphatic carboxylic acids is 1. The van der Waals surface area contributed by atoms with Gasteiger partial charge >= 0.3 is 5.97 Å². The predicted molar refractivity (Wildman–Crippen MR) is 177 cm³/mol. The molecule has 250 valence electrons. The highest BCUT2D eigenvalue weighted by Gasteiger charge is 2.54. The van der Waals surface area contributed by atoms with Crippen molar-refractivity contribution in [3.05, 3.63) is 24.8 Å². The molecule has 0 aromatic rings. The number of hydrogen-bond donors (Lipinski definition) is 1. The van der Waals surface area contributed by atoms with Crippen LogP contribution in [0.3, 0.4) is 0 Å². The van der Waals surface area contributed by atoms with Gasteiger partial charge in [-0.3, -0.25) is 0 Å². The number of rotatable bonds is 13. The van der Waals surface area contributed by atoms with E-state index in [0.717, 1.165) is 0 Å². The summed E-state index contributed by atoms with van der Waals surface area (Å²) >= 11 is 0. The molecule has 2 aliphatic heterocycles. The highest BCUT2D eigenvalue weighted by molar-refractivity contribution is 6.74. The third-order valence-corrected chi connectivity index (χ3v) is 18.8. The van der Waals surface area contributed by atoms with Crippen molar-refractivity contribution in [3.63, 3.8) is 0 Å². The van der Waals surface area contributed by atoms with Gasteiger partial charge in [0.05, 0.1) is 30.5 Å². The molecule has 0 amide bonds. The standard InChI is InChI=1S/C33H62O8Si2/c1-15-16-24-20-26(21-25(38-24)19-22(2)17-18-27(34)35)39-31-30(36-10)29(41-43(13,14)33(7,8)9)28(23(3)37-31)40-42(11,12)32(4,5)6/h15,17-18,22-26,28-31H,1,16,19-21H2,2-14H3,(H,34,35)/b18-17+/t22-,23-,24-,25+,26?,28-,29+,30+,31-/m0/s1. The van der Waals surface area contributed by atoms with Gasteiger partial charge in [-0.2, -0.15) is 0 Å². The number of methoxy groups -OCH3 is 1. The SMILES string of the molecule is C=CC[C@H]1CC(O[C@@H]2O[C@@H](C)[C@H](O[Si](C)(C)C(C)(C)C)[C@@H](O[Si](C)(C)C(C)(C)C)[C@H]2OC)C[C@@H](C[C@@H](C)/C=C/C(=O)O)O1. The Labute approximate surface area is 264 Å². The van der Waals surface area contributed by atoms with E-state index in [4.69, 9.17) is 32.9 Å². The Hall–Kier alpha value is -0.856. The van der Waals surface area contributed by atoms with E-state index >= 15 is 0 Å². The molecule has 2 rings (SSSR count). The molecule has 0 aliphatic carbocycles. The van der Waals surface area contributed by atoms with E-state index < -0.39 is 35.0 Å². The maximum absolute atomic E-state index is 11.0. The van der Waals surface area contributed by atoms with Gasteiger partial charge in [0, 0.05) is 26.0 Å². The summed E-state index contributed by atoms with van der Waals surface area (Å²) in [5.74, 6) is -0.890. The van der Waals surface area contributed by atoms with Gasteiger partial charge in [-0.05, 0) is 61.9 Å². The number of hydrogen-bond acceptors (Lipinski definition) is 7. The first kappa shape index (κ1) is 38.3. The van der Waals surface area contributed by atoms with Crippen molar-refractivity contribution in [2.75, 3.05) is 7.11 Å². The first-order chi connectivity index (χ1) is 19.6. The molecule has 2 fully saturated rings. The molecule has 0 saturated carbocycles. The Balaban J connectivity index is 2.37. The molecule has 8 nitrogen and oxygen atoms in total. The minimum absolute atomic E-state index is 0.00231. The van der Waals surface area contributed by atoms with Crippen LogP contribution in [0.5, 0.6) is 0 Å². The largest absolute Gasteiger partial charge is 0.478 e. The monoisotopic (exact) mass is 642 g/mol. The van der Waals surface area contributed by atoms with Crippen LogP contribution in [0.4, 0.5) is 0 Å². The van der Waals surface area contributed by atoms with E-state index in [0.29, 0.717) is 25.7 Å². The summed E-state index contributed by atoms with van der Waals surface area (Å²) in [5.41, 5.74) is 0. The smallest absolute Gasteiger partial charge is 0.327 e. The average Bonchev–Trinajstić information content (AvgIpc) is 2.83. The van der Waals surface area contributed by atoms with E-state index in [2.05, 4.69) is 81.2 Å². The van der Waals surface area contributed by atoms with Gasteiger partial charge in [-0.15, -0.1) is 6.58 Å². The quantitative estimate of drug-likeness (QED) is 0.124. The van der Waals surface area contributed by atoms with Crippen LogP contribution in [0.25, 0.3) is 0 Å². The lowest BCUT2D eigenvalue weighted by Crippen LogP contribution is -2.65. The number of carboxylic acid groups (broad SMARTS) is 1. The zero-order chi connectivity index (χ0) is 33.0. The third-order valence-electron chi connectivity index (χ3n) is 9.87. The maximum Gasteiger partial charge on any atom is 0.327 e. The van der Waals surface area contributed by atoms with Crippen molar-refractivity contribution >= 4 is 22.6 Å². The van der Waals surface area contributed by atoms with Crippen LogP contribution in [-0.2, 0) is 32.6 Å². The summed E-state index contributed by atoms with van der Waals surface area (Å²) in [4.78, 5) is 11.0. The third kappa shape index (κ3) is 10.6. The summed E-state index contributed by atoms with van der Waals surface area (Å²) in [6, 6.07) is 0. The van der Waals surface area contributed by atoms with Gasteiger partial charge in [0.25, 0.3) is 0 Å². The molecule has 0 aromatic heterocycles. The minimum Gasteiger partial charge on any atom is -0.478 e. The summed E-state index contributed by atoms with van der Waals surface area (Å²) in [6.07, 6.45) is 5.35. The molecule has 2 heterocycles. The van der Waals surface area contributed by atoms with E-state index in [9.17, 15) is 4.79 Å². The summed E-state index contributed by atoms with van der Waals surface area (Å²) < 4.78 is 40.2. The van der Waals surface area contributed by atoms with E-state index in [1.165, 1.54) is 6.08 Å². The number of carboxylic acids is 1. The van der Waals surface area contributed by atoms with E-state index in [-0.39, 0.29) is 52.6 Å². The van der Waals surface area contributed by atoms with Crippen molar-refractivity contribution in [2.45, 2.75) is 166 Å². The second-order valence-electron chi connectivity index (χ2n) is 15.6. The Bertz CT molecular complexity index is 938. The zero-order valence-corrected chi connectivity index (χ0v) is 31.3. The first-order valence-electron chi connectivity index (χ1n) is 16.0. The van der Waals surface area contributed by atoms with Gasteiger partial charge in [0.15, 0.2) is 22.9 Å². The van der Waals surface area contributed by atoms with Crippen molar-refractivity contribution in [1.29, 1.82) is 0 Å². The molecule has 1 unspecified atom stereocenters. The van der Waals surface area contributed by atoms with Crippen LogP contribution in [0.2, 0.25) is 36.3 Å². The van der Waals surface area contributed by atoms with Crippen molar-refractivity contribution in [2.24, 2.45) is 5.92 Å². The van der Waals surface area contributed by atoms with E-state index in [1.807, 2.05) is 13.0 Å². The summed E-state index contributed by atoms with van der Waals surface area (Å²) in [5, 5.41) is 9.07. The normalized spacial score (nSPS) is 32.1. The highest BCUT2D eigenvalue weighted by atomic mass is 28.4. The fourth-order valence-electron chi connectivity index (χ4n) is 5.26. The van der Waals surface area contributed by atoms with E-state index in [1.54, 1.807) is 13.2 Å². The fraction of sp³-hybridized carbons (Fsp3) is 0.848. The molecule has 10 heteroatoms. The maximum atomic E-state index is 11.0. The van der Waals surface area contributed by atoms with Gasteiger partial charge in [0.2, 0.25) is 0 Å². The lowest BCUT2D eigenvalue weighted by Gasteiger charge is -2.52. The van der Waals surface area contributed by atoms with Crippen LogP contribution in [0.15, 0.2) is 24.8 Å². The molecule has 0 spiro atoms. The van der Waals surface area contributed by atoms with Crippen LogP contribution < -0.4 is 0 Å². The first-order valence-corrected chi connectivity index (χ1v) is 21.8. The number of ether oxygens (including phenoxy) is 4. The molecular formula is C33H62O8Si2. The molecule has 0 bridgehead atoms. The molecule has 0 aromatic carbocycles. The van der Waals surface area contributed by atoms with Crippen molar-refractivity contribution in [1.82, 2.24) is 0 Å². The van der Waals surface area contributed by atoms with Gasteiger partial charge in [0.1, 0.15) is 12.2 Å². The average molecular weight is 643 g/mol. The second-order valence-corrected chi connectivity index (χ2v) is 25.2. The van der Waals surface area contributed by atoms with Crippen LogP contribution in [0, 0.1) is 5.92 Å². The summed E-state index contributed by atoms with van der Waals surface area (Å²) in [7, 11) is -2.69. The van der Waals surface area contributed by atoms with Gasteiger partial charge in [-0.1, -0.05) is 60.6 Å². The molecule has 2 aliphatic rings. The zero-order valence-electron chi connectivity index (χ0n) is 29.3. The number of carbonyl (C=O) groups is 1. The van der Waals surface area contributed by atoms with Crippen LogP contribution >= 0.6 is 0 Å².